The minimum Gasteiger partial charge on any atom is -0.472 e. The SMILES string of the molecule is CCN(C)c1ccnc(OC2CCC(n3nc(-c4cnn(C)c4)c4cnc(N)cc43)CC2)c1F. The van der Waals surface area contributed by atoms with Gasteiger partial charge in [-0.25, -0.2) is 9.97 Å². The minimum atomic E-state index is -0.406. The number of hydrogen-bond acceptors (Lipinski definition) is 7. The fourth-order valence-corrected chi connectivity index (χ4v) is 4.61. The molecule has 0 bridgehead atoms. The normalized spacial score (nSPS) is 18.4. The molecule has 0 amide bonds. The van der Waals surface area contributed by atoms with Crippen LogP contribution in [-0.4, -0.2) is 49.2 Å². The summed E-state index contributed by atoms with van der Waals surface area (Å²) in [5, 5.41) is 10.2. The number of aromatic nitrogens is 6. The van der Waals surface area contributed by atoms with E-state index >= 15 is 0 Å². The molecule has 9 nitrogen and oxygen atoms in total. The Labute approximate surface area is 197 Å². The van der Waals surface area contributed by atoms with Gasteiger partial charge in [0.05, 0.1) is 23.4 Å². The summed E-state index contributed by atoms with van der Waals surface area (Å²) >= 11 is 0. The van der Waals surface area contributed by atoms with E-state index in [0.717, 1.165) is 47.8 Å². The summed E-state index contributed by atoms with van der Waals surface area (Å²) in [6.45, 7) is 2.68. The summed E-state index contributed by atoms with van der Waals surface area (Å²) in [5.41, 5.74) is 9.24. The number of pyridine rings is 2. The Morgan fingerprint density at radius 2 is 2.00 bits per heavy atom. The molecule has 0 saturated heterocycles. The van der Waals surface area contributed by atoms with Crippen LogP contribution in [0.25, 0.3) is 22.2 Å². The molecule has 0 aromatic carbocycles. The van der Waals surface area contributed by atoms with E-state index in [1.807, 2.05) is 38.2 Å². The maximum absolute atomic E-state index is 14.9. The van der Waals surface area contributed by atoms with Gasteiger partial charge in [0, 0.05) is 56.2 Å². The molecular weight excluding hydrogens is 435 g/mol. The molecule has 5 rings (SSSR count). The van der Waals surface area contributed by atoms with Crippen molar-refractivity contribution in [2.24, 2.45) is 7.05 Å². The summed E-state index contributed by atoms with van der Waals surface area (Å²) in [4.78, 5) is 10.3. The number of nitrogens with two attached hydrogens (primary N) is 1. The van der Waals surface area contributed by atoms with Gasteiger partial charge in [0.25, 0.3) is 5.88 Å². The summed E-state index contributed by atoms with van der Waals surface area (Å²) in [5.74, 6) is 0.126. The second-order valence-electron chi connectivity index (χ2n) is 8.83. The standard InChI is InChI=1S/C24H29FN8O/c1-4-31(2)19-9-10-27-24(22(19)25)34-17-7-5-16(6-8-17)33-20-11-21(26)28-13-18(20)23(30-33)15-12-29-32(3)14-15/h9-14,16-17H,4-8H2,1-3H3,(H2,26,28). The largest absolute Gasteiger partial charge is 0.472 e. The number of halogens is 1. The monoisotopic (exact) mass is 464 g/mol. The quantitative estimate of drug-likeness (QED) is 0.461. The van der Waals surface area contributed by atoms with E-state index in [2.05, 4.69) is 19.7 Å². The first-order valence-corrected chi connectivity index (χ1v) is 11.6. The third-order valence-corrected chi connectivity index (χ3v) is 6.58. The fourth-order valence-electron chi connectivity index (χ4n) is 4.61. The molecule has 1 saturated carbocycles. The zero-order valence-electron chi connectivity index (χ0n) is 19.6. The topological polar surface area (TPSA) is 99.9 Å². The molecular formula is C24H29FN8O. The minimum absolute atomic E-state index is 0.0727. The summed E-state index contributed by atoms with van der Waals surface area (Å²) in [7, 11) is 3.73. The summed E-state index contributed by atoms with van der Waals surface area (Å²) in [6, 6.07) is 3.73. The van der Waals surface area contributed by atoms with Crippen molar-refractivity contribution in [1.82, 2.24) is 29.5 Å². The molecule has 1 fully saturated rings. The lowest BCUT2D eigenvalue weighted by Gasteiger charge is -2.29. The highest BCUT2D eigenvalue weighted by Crippen LogP contribution is 2.36. The van der Waals surface area contributed by atoms with E-state index in [0.29, 0.717) is 18.1 Å². The van der Waals surface area contributed by atoms with Gasteiger partial charge in [0.2, 0.25) is 5.82 Å². The van der Waals surface area contributed by atoms with Crippen molar-refractivity contribution in [3.63, 3.8) is 0 Å². The summed E-state index contributed by atoms with van der Waals surface area (Å²) in [6.07, 6.45) is 10.3. The second-order valence-corrected chi connectivity index (χ2v) is 8.83. The van der Waals surface area contributed by atoms with Crippen LogP contribution in [0.3, 0.4) is 0 Å². The average Bonchev–Trinajstić information content (AvgIpc) is 3.43. The predicted molar refractivity (Wildman–Crippen MR) is 129 cm³/mol. The second kappa shape index (κ2) is 8.92. The lowest BCUT2D eigenvalue weighted by Crippen LogP contribution is -2.27. The van der Waals surface area contributed by atoms with Gasteiger partial charge in [0.1, 0.15) is 17.6 Å². The van der Waals surface area contributed by atoms with Gasteiger partial charge in [-0.15, -0.1) is 0 Å². The van der Waals surface area contributed by atoms with Crippen molar-refractivity contribution in [2.75, 3.05) is 24.2 Å². The fraction of sp³-hybridized carbons (Fsp3) is 0.417. The summed E-state index contributed by atoms with van der Waals surface area (Å²) < 4.78 is 24.7. The Morgan fingerprint density at radius 1 is 1.21 bits per heavy atom. The average molecular weight is 465 g/mol. The first kappa shape index (κ1) is 22.1. The van der Waals surface area contributed by atoms with Crippen molar-refractivity contribution >= 4 is 22.4 Å². The van der Waals surface area contributed by atoms with Crippen molar-refractivity contribution in [2.45, 2.75) is 44.8 Å². The molecule has 2 N–H and O–H groups in total. The zero-order chi connectivity index (χ0) is 23.8. The third-order valence-electron chi connectivity index (χ3n) is 6.58. The number of ether oxygens (including phenoxy) is 1. The van der Waals surface area contributed by atoms with Crippen LogP contribution in [0.5, 0.6) is 5.88 Å². The Morgan fingerprint density at radius 3 is 2.71 bits per heavy atom. The Balaban J connectivity index is 1.36. The molecule has 4 heterocycles. The molecule has 0 spiro atoms. The smallest absolute Gasteiger partial charge is 0.252 e. The van der Waals surface area contributed by atoms with E-state index < -0.39 is 5.82 Å². The molecule has 10 heteroatoms. The number of fused-ring (bicyclic) bond motifs is 1. The van der Waals surface area contributed by atoms with Crippen LogP contribution in [0.15, 0.2) is 36.9 Å². The van der Waals surface area contributed by atoms with Gasteiger partial charge < -0.3 is 15.4 Å². The van der Waals surface area contributed by atoms with Gasteiger partial charge in [-0.05, 0) is 38.7 Å². The number of nitrogens with zero attached hydrogens (tertiary/aromatic N) is 7. The molecule has 0 radical (unpaired) electrons. The Bertz CT molecular complexity index is 1310. The highest BCUT2D eigenvalue weighted by atomic mass is 19.1. The van der Waals surface area contributed by atoms with Crippen LogP contribution >= 0.6 is 0 Å². The van der Waals surface area contributed by atoms with Crippen molar-refractivity contribution in [3.05, 3.63) is 42.7 Å². The molecule has 4 aromatic heterocycles. The third kappa shape index (κ3) is 4.04. The molecule has 4 aromatic rings. The first-order chi connectivity index (χ1) is 16.4. The first-order valence-electron chi connectivity index (χ1n) is 11.6. The highest BCUT2D eigenvalue weighted by Gasteiger charge is 2.28. The van der Waals surface area contributed by atoms with Crippen LogP contribution < -0.4 is 15.4 Å². The van der Waals surface area contributed by atoms with Gasteiger partial charge in [-0.3, -0.25) is 9.36 Å². The zero-order valence-corrected chi connectivity index (χ0v) is 19.6. The molecule has 34 heavy (non-hydrogen) atoms. The lowest BCUT2D eigenvalue weighted by molar-refractivity contribution is 0.120. The highest BCUT2D eigenvalue weighted by molar-refractivity contribution is 5.93. The molecule has 1 aliphatic carbocycles. The maximum Gasteiger partial charge on any atom is 0.252 e. The van der Waals surface area contributed by atoms with Gasteiger partial charge in [0.15, 0.2) is 0 Å². The van der Waals surface area contributed by atoms with Crippen molar-refractivity contribution < 1.29 is 9.13 Å². The number of aryl methyl sites for hydroxylation is 1. The van der Waals surface area contributed by atoms with Crippen LogP contribution in [0, 0.1) is 5.82 Å². The van der Waals surface area contributed by atoms with Crippen LogP contribution in [0.1, 0.15) is 38.6 Å². The molecule has 0 atom stereocenters. The number of anilines is 2. The van der Waals surface area contributed by atoms with E-state index in [4.69, 9.17) is 15.6 Å². The predicted octanol–water partition coefficient (Wildman–Crippen LogP) is 3.97. The van der Waals surface area contributed by atoms with Crippen LogP contribution in [-0.2, 0) is 7.05 Å². The number of hydrogen-bond donors (Lipinski definition) is 1. The van der Waals surface area contributed by atoms with E-state index in [-0.39, 0.29) is 18.0 Å². The van der Waals surface area contributed by atoms with Gasteiger partial charge >= 0.3 is 0 Å². The maximum atomic E-state index is 14.9. The molecule has 1 aliphatic rings. The van der Waals surface area contributed by atoms with E-state index in [9.17, 15) is 4.39 Å². The van der Waals surface area contributed by atoms with E-state index in [1.165, 1.54) is 0 Å². The molecule has 0 unspecified atom stereocenters. The van der Waals surface area contributed by atoms with Gasteiger partial charge in [-0.2, -0.15) is 14.6 Å². The van der Waals surface area contributed by atoms with Crippen LogP contribution in [0.4, 0.5) is 15.9 Å². The van der Waals surface area contributed by atoms with Crippen molar-refractivity contribution in [3.8, 4) is 17.1 Å². The Hall–Kier alpha value is -3.69. The van der Waals surface area contributed by atoms with Gasteiger partial charge in [-0.1, -0.05) is 0 Å². The number of rotatable bonds is 6. The van der Waals surface area contributed by atoms with Crippen LogP contribution in [0.2, 0.25) is 0 Å². The Kier molecular flexibility index (Phi) is 5.80. The van der Waals surface area contributed by atoms with E-state index in [1.54, 1.807) is 29.3 Å². The molecule has 178 valence electrons. The lowest BCUT2D eigenvalue weighted by atomic mass is 9.93. The number of nitrogen functional groups attached to an aromatic ring is 1. The van der Waals surface area contributed by atoms with Crippen molar-refractivity contribution in [1.29, 1.82) is 0 Å². The molecule has 0 aliphatic heterocycles.